The van der Waals surface area contributed by atoms with Gasteiger partial charge in [0.25, 0.3) is 0 Å². The molecule has 630 valence electrons. The average Bonchev–Trinajstić information content (AvgIpc) is 0.810. The summed E-state index contributed by atoms with van der Waals surface area (Å²) in [7, 11) is 0. The Balaban J connectivity index is 1.41. The van der Waals surface area contributed by atoms with Crippen LogP contribution in [0.3, 0.4) is 0 Å². The van der Waals surface area contributed by atoms with Gasteiger partial charge in [0.1, 0.15) is 64.6 Å². The molecule has 0 saturated carbocycles. The number of aromatic nitrogens is 2. The summed E-state index contributed by atoms with van der Waals surface area (Å²) in [6.45, 7) is 32.3. The Morgan fingerprint density at radius 3 is 1.36 bits per heavy atom. The Bertz CT molecular complexity index is 4010. The molecule has 0 radical (unpaired) electrons. The summed E-state index contributed by atoms with van der Waals surface area (Å²) in [6.07, 6.45) is -0.699. The van der Waals surface area contributed by atoms with Crippen LogP contribution in [0, 0.1) is 5.92 Å². The number of carbonyl (C=O) groups is 12. The third-order valence-corrected chi connectivity index (χ3v) is 17.6. The molecule has 12 N–H and O–H groups in total. The highest BCUT2D eigenvalue weighted by Gasteiger charge is 2.43. The van der Waals surface area contributed by atoms with Crippen molar-refractivity contribution in [2.45, 2.75) is 277 Å². The van der Waals surface area contributed by atoms with Crippen molar-refractivity contribution < 1.29 is 86.3 Å². The summed E-state index contributed by atoms with van der Waals surface area (Å²) in [4.78, 5) is 175. The number of carboxylic acids is 1. The molecule has 1 heterocycles. The zero-order valence-corrected chi connectivity index (χ0v) is 70.4. The minimum atomic E-state index is -1.77. The van der Waals surface area contributed by atoms with Gasteiger partial charge >= 0.3 is 17.9 Å². The summed E-state index contributed by atoms with van der Waals surface area (Å²) in [5.41, 5.74) is 2.88. The molecule has 0 aliphatic heterocycles. The Hall–Kier alpha value is -10.4. The number of benzene rings is 4. The van der Waals surface area contributed by atoms with E-state index >= 15 is 14.4 Å². The molecule has 0 unspecified atom stereocenters. The van der Waals surface area contributed by atoms with Gasteiger partial charge in [-0.1, -0.05) is 135 Å². The first-order chi connectivity index (χ1) is 53.3. The van der Waals surface area contributed by atoms with Gasteiger partial charge < -0.3 is 86.9 Å². The van der Waals surface area contributed by atoms with E-state index in [0.29, 0.717) is 11.3 Å². The van der Waals surface area contributed by atoms with Crippen molar-refractivity contribution in [2.75, 3.05) is 13.2 Å². The fourth-order valence-electron chi connectivity index (χ4n) is 12.4. The number of amides is 9. The molecule has 0 aliphatic rings. The summed E-state index contributed by atoms with van der Waals surface area (Å²) >= 11 is 0. The van der Waals surface area contributed by atoms with Gasteiger partial charge in [0, 0.05) is 25.5 Å². The Morgan fingerprint density at radius 1 is 0.461 bits per heavy atom. The molecule has 0 bridgehead atoms. The maximum atomic E-state index is 15.2. The van der Waals surface area contributed by atoms with Crippen LogP contribution < -0.4 is 53.6 Å². The van der Waals surface area contributed by atoms with Gasteiger partial charge in [-0.05, 0) is 166 Å². The highest BCUT2D eigenvalue weighted by atomic mass is 16.6. The van der Waals surface area contributed by atoms with Gasteiger partial charge in [0.2, 0.25) is 53.2 Å². The first-order valence-electron chi connectivity index (χ1n) is 38.7. The number of carboxylic acid groups (broad SMARTS) is 1. The van der Waals surface area contributed by atoms with Crippen molar-refractivity contribution in [1.29, 1.82) is 0 Å². The average molecular weight is 1600 g/mol. The molecule has 30 nitrogen and oxygen atoms in total. The Kier molecular flexibility index (Phi) is 34.1. The topological polar surface area (TPSA) is 423 Å². The smallest absolute Gasteiger partial charge is 0.326 e. The van der Waals surface area contributed by atoms with E-state index in [-0.39, 0.29) is 19.3 Å². The number of carbonyl (C=O) groups excluding carboxylic acids is 11. The fourth-order valence-corrected chi connectivity index (χ4v) is 12.4. The van der Waals surface area contributed by atoms with Gasteiger partial charge in [0.15, 0.2) is 0 Å². The second-order valence-corrected chi connectivity index (χ2v) is 34.4. The van der Waals surface area contributed by atoms with Crippen LogP contribution in [0.15, 0.2) is 134 Å². The van der Waals surface area contributed by atoms with Crippen LogP contribution in [0.1, 0.15) is 193 Å². The molecule has 4 aromatic carbocycles. The first-order valence-corrected chi connectivity index (χ1v) is 38.7. The van der Waals surface area contributed by atoms with E-state index in [9.17, 15) is 48.3 Å². The van der Waals surface area contributed by atoms with Crippen LogP contribution in [-0.2, 0) is 99.6 Å². The number of nitrogens with two attached hydrogens (primary N) is 1. The molecule has 0 aliphatic carbocycles. The molecule has 115 heavy (non-hydrogen) atoms. The van der Waals surface area contributed by atoms with E-state index in [1.54, 1.807) is 154 Å². The standard InChI is InChI=1S/C85H122N12O18/c1-51(2)67(77(108)109)94-73(104)62(46-66(100)115-83(17,18)19)89-74(105)63(49-111-79(5,6)7)91-76(107)69(53(4)113-81(11,12)13)95-72(103)61(44-54-34-26-22-27-35-54)90-75(106)68(52(3)112-80(8,9)10)93-64(98)47-87-71(102)60(42-43-65(99)114-82(14,15)16)92-78(110)84(20,21)96-70(101)59(86)45-58-48-97(50-88-58)85(55-36-28-23-29-37-55,56-38-30-24-31-39-56)57-40-32-25-33-41-57/h22-41,48,50-53,59-63,67-69H,42-47,49,86H2,1-21H3,(H,87,102)(H,89,105)(H,90,106)(H,91,107)(H,92,110)(H,93,98)(H,94,104)(H,95,103)(H,96,101)(H,108,109)/t52-,53-,59+,60+,61+,62+,63+,67+,68+,69+/m1/s1. The zero-order valence-electron chi connectivity index (χ0n) is 70.4. The lowest BCUT2D eigenvalue weighted by molar-refractivity contribution is -0.157. The molecule has 0 saturated heterocycles. The van der Waals surface area contributed by atoms with E-state index in [4.69, 9.17) is 34.4 Å². The van der Waals surface area contributed by atoms with Crippen LogP contribution in [0.25, 0.3) is 0 Å². The number of nitrogens with zero attached hydrogens (tertiary/aromatic N) is 2. The van der Waals surface area contributed by atoms with Crippen LogP contribution in [0.2, 0.25) is 0 Å². The predicted molar refractivity (Wildman–Crippen MR) is 432 cm³/mol. The van der Waals surface area contributed by atoms with E-state index in [2.05, 4.69) is 47.9 Å². The maximum Gasteiger partial charge on any atom is 0.326 e. The van der Waals surface area contributed by atoms with Crippen molar-refractivity contribution in [1.82, 2.24) is 57.4 Å². The number of imidazole rings is 1. The lowest BCUT2D eigenvalue weighted by Gasteiger charge is -2.37. The van der Waals surface area contributed by atoms with Gasteiger partial charge in [-0.25, -0.2) is 9.78 Å². The predicted octanol–water partition coefficient (Wildman–Crippen LogP) is 6.06. The molecule has 30 heteroatoms. The Labute approximate surface area is 675 Å². The van der Waals surface area contributed by atoms with Crippen LogP contribution >= 0.6 is 0 Å². The van der Waals surface area contributed by atoms with Crippen molar-refractivity contribution in [3.8, 4) is 0 Å². The summed E-state index contributed by atoms with van der Waals surface area (Å²) in [5, 5.41) is 33.3. The lowest BCUT2D eigenvalue weighted by Crippen LogP contribution is -2.64. The molecule has 5 rings (SSSR count). The SMILES string of the molecule is CC(C)[C@H](NC(=O)[C@H](CC(=O)OC(C)(C)C)NC(=O)[C@H](COC(C)(C)C)NC(=O)[C@@H](NC(=O)[C@H](Cc1ccccc1)NC(=O)[C@@H](NC(=O)CNC(=O)[C@H](CCC(=O)OC(C)(C)C)NC(=O)C(C)(C)NC(=O)[C@@H](N)Cc1cn(C(c2ccccc2)(c2ccccc2)c2ccccc2)cn1)[C@@H](C)OC(C)(C)C)[C@@H](C)OC(C)(C)C)C(=O)O. The van der Waals surface area contributed by atoms with Gasteiger partial charge in [-0.3, -0.25) is 52.7 Å². The van der Waals surface area contributed by atoms with Crippen LogP contribution in [0.5, 0.6) is 0 Å². The number of rotatable bonds is 39. The number of hydrogen-bond acceptors (Lipinski definition) is 19. The number of aliphatic carboxylic acids is 1. The lowest BCUT2D eigenvalue weighted by atomic mass is 9.77. The molecule has 10 atom stereocenters. The monoisotopic (exact) mass is 1600 g/mol. The fraction of sp³-hybridized carbons (Fsp3) is 0.541. The third-order valence-electron chi connectivity index (χ3n) is 17.6. The number of hydrogen-bond donors (Lipinski definition) is 11. The molecular weight excluding hydrogens is 1480 g/mol. The minimum absolute atomic E-state index is 0.0643. The van der Waals surface area contributed by atoms with E-state index in [1.807, 2.05) is 102 Å². The largest absolute Gasteiger partial charge is 0.480 e. The molecular formula is C85H122N12O18. The van der Waals surface area contributed by atoms with Crippen LogP contribution in [-0.4, -0.2) is 193 Å². The second kappa shape index (κ2) is 41.2. The van der Waals surface area contributed by atoms with E-state index < -0.39 is 203 Å². The van der Waals surface area contributed by atoms with E-state index in [0.717, 1.165) is 16.7 Å². The van der Waals surface area contributed by atoms with Crippen molar-refractivity contribution in [3.63, 3.8) is 0 Å². The van der Waals surface area contributed by atoms with Crippen LogP contribution in [0.4, 0.5) is 0 Å². The maximum absolute atomic E-state index is 15.2. The summed E-state index contributed by atoms with van der Waals surface area (Å²) < 4.78 is 31.5. The number of nitrogens with one attached hydrogen (secondary N) is 9. The summed E-state index contributed by atoms with van der Waals surface area (Å²) in [5.74, 6) is -12.3. The minimum Gasteiger partial charge on any atom is -0.480 e. The van der Waals surface area contributed by atoms with E-state index in [1.165, 1.54) is 27.7 Å². The normalized spacial score (nSPS) is 14.9. The molecule has 1 aromatic heterocycles. The Morgan fingerprint density at radius 2 is 0.896 bits per heavy atom. The van der Waals surface area contributed by atoms with Crippen molar-refractivity contribution in [2.24, 2.45) is 11.7 Å². The molecule has 0 spiro atoms. The number of ether oxygens (including phenoxy) is 5. The van der Waals surface area contributed by atoms with Gasteiger partial charge in [-0.2, -0.15) is 0 Å². The zero-order chi connectivity index (χ0) is 86.4. The molecule has 9 amide bonds. The summed E-state index contributed by atoms with van der Waals surface area (Å²) in [6, 6.07) is 25.6. The first kappa shape index (κ1) is 95.2. The van der Waals surface area contributed by atoms with Crippen molar-refractivity contribution >= 4 is 71.1 Å². The highest BCUT2D eigenvalue weighted by molar-refractivity contribution is 5.99. The van der Waals surface area contributed by atoms with Crippen molar-refractivity contribution in [3.05, 3.63) is 162 Å². The second-order valence-electron chi connectivity index (χ2n) is 34.4. The molecule has 5 aromatic rings. The highest BCUT2D eigenvalue weighted by Crippen LogP contribution is 2.41. The number of esters is 2. The third kappa shape index (κ3) is 31.0. The van der Waals surface area contributed by atoms with Gasteiger partial charge in [-0.15, -0.1) is 0 Å². The quantitative estimate of drug-likeness (QED) is 0.0157. The van der Waals surface area contributed by atoms with Gasteiger partial charge in [0.05, 0.1) is 66.6 Å². The molecule has 0 fully saturated rings.